The highest BCUT2D eigenvalue weighted by Gasteiger charge is 2.21. The summed E-state index contributed by atoms with van der Waals surface area (Å²) in [6.07, 6.45) is 3.33. The van der Waals surface area contributed by atoms with Gasteiger partial charge in [-0.05, 0) is 36.8 Å². The maximum atomic E-state index is 6.65. The lowest BCUT2D eigenvalue weighted by atomic mass is 10.2. The molecule has 2 heterocycles. The van der Waals surface area contributed by atoms with Gasteiger partial charge in [0.25, 0.3) is 0 Å². The number of hydrogen-bond donors (Lipinski definition) is 1. The van der Waals surface area contributed by atoms with Gasteiger partial charge in [-0.15, -0.1) is 0 Å². The Morgan fingerprint density at radius 1 is 0.733 bits per heavy atom. The SMILES string of the molecule is CCN(c1ccccc1)c1ncnc(N(Cc2ccccc2)c2ccccn2)c1N. The number of pyridine rings is 1. The summed E-state index contributed by atoms with van der Waals surface area (Å²) in [5.74, 6) is 2.10. The predicted octanol–water partition coefficient (Wildman–Crippen LogP) is 4.95. The van der Waals surface area contributed by atoms with Gasteiger partial charge in [0, 0.05) is 18.4 Å². The van der Waals surface area contributed by atoms with Crippen LogP contribution in [0.5, 0.6) is 0 Å². The van der Waals surface area contributed by atoms with E-state index in [0.29, 0.717) is 23.9 Å². The number of nitrogens with two attached hydrogens (primary N) is 1. The Labute approximate surface area is 176 Å². The highest BCUT2D eigenvalue weighted by molar-refractivity contribution is 5.82. The zero-order valence-corrected chi connectivity index (χ0v) is 16.9. The largest absolute Gasteiger partial charge is 0.393 e. The molecule has 2 aromatic heterocycles. The first-order valence-electron chi connectivity index (χ1n) is 9.93. The van der Waals surface area contributed by atoms with Crippen LogP contribution in [0.1, 0.15) is 12.5 Å². The number of hydrogen-bond acceptors (Lipinski definition) is 6. The molecule has 6 nitrogen and oxygen atoms in total. The van der Waals surface area contributed by atoms with Crippen molar-refractivity contribution in [3.63, 3.8) is 0 Å². The fourth-order valence-corrected chi connectivity index (χ4v) is 3.41. The molecule has 0 aliphatic rings. The molecule has 0 spiro atoms. The summed E-state index contributed by atoms with van der Waals surface area (Å²) in [6.45, 7) is 3.40. The molecule has 30 heavy (non-hydrogen) atoms. The van der Waals surface area contributed by atoms with Crippen LogP contribution in [-0.2, 0) is 6.54 Å². The lowest BCUT2D eigenvalue weighted by molar-refractivity contribution is 0.908. The maximum absolute atomic E-state index is 6.65. The molecule has 0 atom stereocenters. The van der Waals surface area contributed by atoms with Crippen LogP contribution < -0.4 is 15.5 Å². The number of nitrogens with zero attached hydrogens (tertiary/aromatic N) is 5. The van der Waals surface area contributed by atoms with E-state index in [0.717, 1.165) is 23.6 Å². The molecule has 4 rings (SSSR count). The van der Waals surface area contributed by atoms with Gasteiger partial charge >= 0.3 is 0 Å². The Bertz CT molecular complexity index is 1070. The lowest BCUT2D eigenvalue weighted by Gasteiger charge is -2.28. The molecule has 0 radical (unpaired) electrons. The minimum absolute atomic E-state index is 0.518. The van der Waals surface area contributed by atoms with Crippen molar-refractivity contribution in [2.45, 2.75) is 13.5 Å². The van der Waals surface area contributed by atoms with Gasteiger partial charge in [0.05, 0.1) is 6.54 Å². The molecule has 150 valence electrons. The number of rotatable bonds is 7. The first-order valence-corrected chi connectivity index (χ1v) is 9.93. The minimum Gasteiger partial charge on any atom is -0.393 e. The second-order valence-corrected chi connectivity index (χ2v) is 6.77. The van der Waals surface area contributed by atoms with Crippen LogP contribution in [0.4, 0.5) is 28.8 Å². The van der Waals surface area contributed by atoms with Crippen LogP contribution >= 0.6 is 0 Å². The molecular weight excluding hydrogens is 372 g/mol. The van der Waals surface area contributed by atoms with E-state index in [1.165, 1.54) is 0 Å². The van der Waals surface area contributed by atoms with Gasteiger partial charge < -0.3 is 15.5 Å². The fraction of sp³-hybridized carbons (Fsp3) is 0.125. The Hall–Kier alpha value is -3.93. The second-order valence-electron chi connectivity index (χ2n) is 6.77. The fourth-order valence-electron chi connectivity index (χ4n) is 3.41. The molecule has 0 unspecified atom stereocenters. The van der Waals surface area contributed by atoms with Crippen molar-refractivity contribution in [2.75, 3.05) is 22.1 Å². The zero-order valence-electron chi connectivity index (χ0n) is 16.9. The normalized spacial score (nSPS) is 10.6. The quantitative estimate of drug-likeness (QED) is 0.477. The lowest BCUT2D eigenvalue weighted by Crippen LogP contribution is -2.24. The van der Waals surface area contributed by atoms with Gasteiger partial charge in [0.1, 0.15) is 17.8 Å². The molecule has 2 aromatic carbocycles. The van der Waals surface area contributed by atoms with Crippen molar-refractivity contribution in [3.8, 4) is 0 Å². The van der Waals surface area contributed by atoms with Gasteiger partial charge in [0.2, 0.25) is 0 Å². The first-order chi connectivity index (χ1) is 14.8. The summed E-state index contributed by atoms with van der Waals surface area (Å²) in [6, 6.07) is 26.1. The standard InChI is InChI=1S/C24H24N6/c1-2-29(20-13-7-4-8-14-20)23-22(25)24(28-18-27-23)30(21-15-9-10-16-26-21)17-19-11-5-3-6-12-19/h3-16,18H,2,17,25H2,1H3. The van der Waals surface area contributed by atoms with Crippen molar-refractivity contribution in [2.24, 2.45) is 0 Å². The second kappa shape index (κ2) is 9.05. The molecule has 0 aliphatic heterocycles. The third kappa shape index (κ3) is 4.07. The molecular formula is C24H24N6. The Balaban J connectivity index is 1.79. The van der Waals surface area contributed by atoms with E-state index in [1.54, 1.807) is 12.5 Å². The van der Waals surface area contributed by atoms with Crippen molar-refractivity contribution in [3.05, 3.63) is 97.0 Å². The van der Waals surface area contributed by atoms with E-state index in [9.17, 15) is 0 Å². The van der Waals surface area contributed by atoms with Crippen LogP contribution in [-0.4, -0.2) is 21.5 Å². The summed E-state index contributed by atoms with van der Waals surface area (Å²) in [4.78, 5) is 17.7. The average molecular weight is 396 g/mol. The van der Waals surface area contributed by atoms with E-state index in [2.05, 4.69) is 38.9 Å². The zero-order chi connectivity index (χ0) is 20.8. The van der Waals surface area contributed by atoms with Crippen molar-refractivity contribution >= 4 is 28.8 Å². The van der Waals surface area contributed by atoms with Crippen LogP contribution in [0, 0.1) is 0 Å². The predicted molar refractivity (Wildman–Crippen MR) is 122 cm³/mol. The van der Waals surface area contributed by atoms with E-state index in [-0.39, 0.29) is 0 Å². The first kappa shape index (κ1) is 19.4. The van der Waals surface area contributed by atoms with Gasteiger partial charge in [-0.2, -0.15) is 0 Å². The summed E-state index contributed by atoms with van der Waals surface area (Å²) in [5, 5.41) is 0. The van der Waals surface area contributed by atoms with E-state index < -0.39 is 0 Å². The molecule has 0 saturated heterocycles. The van der Waals surface area contributed by atoms with E-state index in [4.69, 9.17) is 5.73 Å². The van der Waals surface area contributed by atoms with Crippen LogP contribution in [0.3, 0.4) is 0 Å². The minimum atomic E-state index is 0.518. The molecule has 6 heteroatoms. The summed E-state index contributed by atoms with van der Waals surface area (Å²) < 4.78 is 0. The van der Waals surface area contributed by atoms with Gasteiger partial charge in [-0.3, -0.25) is 0 Å². The van der Waals surface area contributed by atoms with Gasteiger partial charge in [-0.25, -0.2) is 15.0 Å². The number of anilines is 5. The number of aromatic nitrogens is 3. The third-order valence-corrected chi connectivity index (χ3v) is 4.85. The third-order valence-electron chi connectivity index (χ3n) is 4.85. The Morgan fingerprint density at radius 3 is 2.00 bits per heavy atom. The van der Waals surface area contributed by atoms with Gasteiger partial charge in [0.15, 0.2) is 11.6 Å². The van der Waals surface area contributed by atoms with Crippen LogP contribution in [0.2, 0.25) is 0 Å². The summed E-state index contributed by atoms with van der Waals surface area (Å²) in [5.41, 5.74) is 9.34. The number of nitrogen functional groups attached to an aromatic ring is 1. The summed E-state index contributed by atoms with van der Waals surface area (Å²) in [7, 11) is 0. The Kier molecular flexibility index (Phi) is 5.85. The Morgan fingerprint density at radius 2 is 1.37 bits per heavy atom. The van der Waals surface area contributed by atoms with Crippen molar-refractivity contribution in [1.29, 1.82) is 0 Å². The highest BCUT2D eigenvalue weighted by Crippen LogP contribution is 2.36. The molecule has 0 bridgehead atoms. The van der Waals surface area contributed by atoms with E-state index >= 15 is 0 Å². The number of para-hydroxylation sites is 1. The molecule has 0 aliphatic carbocycles. The average Bonchev–Trinajstić information content (AvgIpc) is 2.81. The summed E-state index contributed by atoms with van der Waals surface area (Å²) >= 11 is 0. The van der Waals surface area contributed by atoms with Crippen LogP contribution in [0.15, 0.2) is 91.4 Å². The molecule has 0 fully saturated rings. The molecule has 4 aromatic rings. The molecule has 2 N–H and O–H groups in total. The molecule has 0 saturated carbocycles. The van der Waals surface area contributed by atoms with Gasteiger partial charge in [-0.1, -0.05) is 54.6 Å². The van der Waals surface area contributed by atoms with Crippen LogP contribution in [0.25, 0.3) is 0 Å². The highest BCUT2D eigenvalue weighted by atomic mass is 15.3. The monoisotopic (exact) mass is 396 g/mol. The topological polar surface area (TPSA) is 71.2 Å². The van der Waals surface area contributed by atoms with Crippen molar-refractivity contribution in [1.82, 2.24) is 15.0 Å². The van der Waals surface area contributed by atoms with E-state index in [1.807, 2.05) is 71.6 Å². The maximum Gasteiger partial charge on any atom is 0.163 e. The number of benzene rings is 2. The smallest absolute Gasteiger partial charge is 0.163 e. The molecule has 0 amide bonds. The van der Waals surface area contributed by atoms with Crippen molar-refractivity contribution < 1.29 is 0 Å².